The molecule has 2 aromatic rings. The molecule has 0 spiro atoms. The molecule has 0 saturated carbocycles. The van der Waals surface area contributed by atoms with Gasteiger partial charge in [-0.2, -0.15) is 0 Å². The molecule has 5 nitrogen and oxygen atoms in total. The zero-order chi connectivity index (χ0) is 15.8. The van der Waals surface area contributed by atoms with Gasteiger partial charge in [-0.25, -0.2) is 4.79 Å². The highest BCUT2D eigenvalue weighted by atomic mass is 16.5. The number of hydrogen-bond donors (Lipinski definition) is 2. The van der Waals surface area contributed by atoms with Crippen molar-refractivity contribution in [2.45, 2.75) is 13.5 Å². The minimum absolute atomic E-state index is 0.259. The maximum Gasteiger partial charge on any atom is 0.407 e. The monoisotopic (exact) mass is 297 g/mol. The number of amides is 1. The molecule has 114 valence electrons. The SMILES string of the molecule is Cc1ncc(C=CCNC(=O)OCc2ccccc2)cc1N. The minimum Gasteiger partial charge on any atom is -0.445 e. The van der Waals surface area contributed by atoms with Crippen molar-refractivity contribution in [1.29, 1.82) is 0 Å². The number of carbonyl (C=O) groups is 1. The molecule has 0 bridgehead atoms. The molecular weight excluding hydrogens is 278 g/mol. The molecule has 22 heavy (non-hydrogen) atoms. The Morgan fingerprint density at radius 3 is 2.86 bits per heavy atom. The third kappa shape index (κ3) is 4.94. The van der Waals surface area contributed by atoms with Gasteiger partial charge in [0.15, 0.2) is 0 Å². The molecular formula is C17H19N3O2. The van der Waals surface area contributed by atoms with E-state index in [0.29, 0.717) is 12.2 Å². The predicted molar refractivity (Wildman–Crippen MR) is 87.1 cm³/mol. The number of ether oxygens (including phenoxy) is 1. The molecule has 0 fully saturated rings. The van der Waals surface area contributed by atoms with Crippen molar-refractivity contribution in [2.75, 3.05) is 12.3 Å². The average molecular weight is 297 g/mol. The van der Waals surface area contributed by atoms with Gasteiger partial charge in [0.25, 0.3) is 0 Å². The summed E-state index contributed by atoms with van der Waals surface area (Å²) >= 11 is 0. The number of nitrogens with one attached hydrogen (secondary N) is 1. The fourth-order valence-corrected chi connectivity index (χ4v) is 1.77. The number of aromatic nitrogens is 1. The summed E-state index contributed by atoms with van der Waals surface area (Å²) in [6.45, 7) is 2.49. The summed E-state index contributed by atoms with van der Waals surface area (Å²) in [5.74, 6) is 0. The fraction of sp³-hybridized carbons (Fsp3) is 0.176. The van der Waals surface area contributed by atoms with E-state index in [4.69, 9.17) is 10.5 Å². The van der Waals surface area contributed by atoms with E-state index in [2.05, 4.69) is 10.3 Å². The van der Waals surface area contributed by atoms with E-state index in [1.54, 1.807) is 6.20 Å². The Bertz CT molecular complexity index is 654. The van der Waals surface area contributed by atoms with Crippen LogP contribution in [0.2, 0.25) is 0 Å². The van der Waals surface area contributed by atoms with Crippen LogP contribution in [-0.4, -0.2) is 17.6 Å². The molecule has 0 aliphatic rings. The third-order valence-corrected chi connectivity index (χ3v) is 3.03. The van der Waals surface area contributed by atoms with Crippen LogP contribution in [0.25, 0.3) is 6.08 Å². The Hall–Kier alpha value is -2.82. The van der Waals surface area contributed by atoms with Gasteiger partial charge < -0.3 is 15.8 Å². The van der Waals surface area contributed by atoms with Crippen LogP contribution < -0.4 is 11.1 Å². The lowest BCUT2D eigenvalue weighted by molar-refractivity contribution is 0.141. The number of alkyl carbamates (subject to hydrolysis) is 1. The number of hydrogen-bond acceptors (Lipinski definition) is 4. The van der Waals surface area contributed by atoms with Crippen LogP contribution in [0.4, 0.5) is 10.5 Å². The van der Waals surface area contributed by atoms with Crippen LogP contribution in [0, 0.1) is 6.92 Å². The van der Waals surface area contributed by atoms with Crippen LogP contribution in [-0.2, 0) is 11.3 Å². The molecule has 1 amide bonds. The highest BCUT2D eigenvalue weighted by Gasteiger charge is 2.00. The Morgan fingerprint density at radius 2 is 2.14 bits per heavy atom. The van der Waals surface area contributed by atoms with E-state index in [9.17, 15) is 4.79 Å². The van der Waals surface area contributed by atoms with Crippen molar-refractivity contribution < 1.29 is 9.53 Å². The summed E-state index contributed by atoms with van der Waals surface area (Å²) in [4.78, 5) is 15.7. The Morgan fingerprint density at radius 1 is 1.36 bits per heavy atom. The number of nitrogens with two attached hydrogens (primary N) is 1. The molecule has 1 heterocycles. The van der Waals surface area contributed by atoms with Crippen LogP contribution in [0.5, 0.6) is 0 Å². The molecule has 0 radical (unpaired) electrons. The van der Waals surface area contributed by atoms with Gasteiger partial charge in [0.2, 0.25) is 0 Å². The van der Waals surface area contributed by atoms with E-state index in [1.807, 2.05) is 55.5 Å². The summed E-state index contributed by atoms with van der Waals surface area (Å²) in [6, 6.07) is 11.4. The first kappa shape index (κ1) is 15.6. The van der Waals surface area contributed by atoms with Gasteiger partial charge in [-0.3, -0.25) is 4.98 Å². The van der Waals surface area contributed by atoms with Crippen molar-refractivity contribution in [3.05, 3.63) is 65.5 Å². The topological polar surface area (TPSA) is 77.2 Å². The molecule has 1 aromatic heterocycles. The first-order valence-electron chi connectivity index (χ1n) is 6.98. The summed E-state index contributed by atoms with van der Waals surface area (Å²) in [6.07, 6.45) is 4.95. The van der Waals surface area contributed by atoms with E-state index >= 15 is 0 Å². The Kier molecular flexibility index (Phi) is 5.54. The van der Waals surface area contributed by atoms with Gasteiger partial charge in [0, 0.05) is 12.7 Å². The number of aryl methyl sites for hydroxylation is 1. The van der Waals surface area contributed by atoms with Crippen molar-refractivity contribution in [2.24, 2.45) is 0 Å². The fourth-order valence-electron chi connectivity index (χ4n) is 1.77. The van der Waals surface area contributed by atoms with E-state index in [-0.39, 0.29) is 6.61 Å². The number of rotatable bonds is 5. The van der Waals surface area contributed by atoms with Crippen molar-refractivity contribution in [3.8, 4) is 0 Å². The zero-order valence-electron chi connectivity index (χ0n) is 12.5. The second-order valence-electron chi connectivity index (χ2n) is 4.79. The molecule has 0 unspecified atom stereocenters. The Labute approximate surface area is 129 Å². The van der Waals surface area contributed by atoms with Gasteiger partial charge >= 0.3 is 6.09 Å². The van der Waals surface area contributed by atoms with Gasteiger partial charge in [0.05, 0.1) is 11.4 Å². The summed E-state index contributed by atoms with van der Waals surface area (Å²) in [7, 11) is 0. The molecule has 1 aromatic carbocycles. The van der Waals surface area contributed by atoms with Crippen LogP contribution >= 0.6 is 0 Å². The first-order chi connectivity index (χ1) is 10.6. The van der Waals surface area contributed by atoms with Crippen LogP contribution in [0.3, 0.4) is 0 Å². The minimum atomic E-state index is -0.449. The second-order valence-corrected chi connectivity index (χ2v) is 4.79. The van der Waals surface area contributed by atoms with Gasteiger partial charge in [0.1, 0.15) is 6.61 Å². The third-order valence-electron chi connectivity index (χ3n) is 3.03. The average Bonchev–Trinajstić information content (AvgIpc) is 2.54. The standard InChI is InChI=1S/C17H19N3O2/c1-13-16(18)10-15(11-20-13)8-5-9-19-17(21)22-12-14-6-3-2-4-7-14/h2-8,10-11H,9,12,18H2,1H3,(H,19,21). The molecule has 3 N–H and O–H groups in total. The van der Waals surface area contributed by atoms with Crippen molar-refractivity contribution in [1.82, 2.24) is 10.3 Å². The van der Waals surface area contributed by atoms with Gasteiger partial charge in [-0.15, -0.1) is 0 Å². The number of carbonyl (C=O) groups excluding carboxylic acids is 1. The van der Waals surface area contributed by atoms with Gasteiger partial charge in [-0.1, -0.05) is 42.5 Å². The van der Waals surface area contributed by atoms with E-state index in [0.717, 1.165) is 16.8 Å². The quantitative estimate of drug-likeness (QED) is 0.889. The number of anilines is 1. The van der Waals surface area contributed by atoms with E-state index in [1.165, 1.54) is 0 Å². The van der Waals surface area contributed by atoms with Crippen molar-refractivity contribution in [3.63, 3.8) is 0 Å². The van der Waals surface area contributed by atoms with Crippen molar-refractivity contribution >= 4 is 17.9 Å². The predicted octanol–water partition coefficient (Wildman–Crippen LogP) is 2.91. The second kappa shape index (κ2) is 7.83. The number of benzene rings is 1. The molecule has 0 aliphatic carbocycles. The number of nitrogens with zero attached hydrogens (tertiary/aromatic N) is 1. The molecule has 5 heteroatoms. The molecule has 0 saturated heterocycles. The highest BCUT2D eigenvalue weighted by Crippen LogP contribution is 2.10. The molecule has 2 rings (SSSR count). The zero-order valence-corrected chi connectivity index (χ0v) is 12.5. The van der Waals surface area contributed by atoms with Crippen LogP contribution in [0.15, 0.2) is 48.7 Å². The summed E-state index contributed by atoms with van der Waals surface area (Å²) in [5.41, 5.74) is 9.08. The highest BCUT2D eigenvalue weighted by molar-refractivity contribution is 5.67. The van der Waals surface area contributed by atoms with E-state index < -0.39 is 6.09 Å². The maximum absolute atomic E-state index is 11.5. The lowest BCUT2D eigenvalue weighted by atomic mass is 10.2. The number of pyridine rings is 1. The lowest BCUT2D eigenvalue weighted by Gasteiger charge is -2.05. The van der Waals surface area contributed by atoms with Crippen LogP contribution in [0.1, 0.15) is 16.8 Å². The maximum atomic E-state index is 11.5. The normalized spacial score (nSPS) is 10.6. The summed E-state index contributed by atoms with van der Waals surface area (Å²) in [5, 5.41) is 2.65. The largest absolute Gasteiger partial charge is 0.445 e. The molecule has 0 atom stereocenters. The summed E-state index contributed by atoms with van der Waals surface area (Å²) < 4.78 is 5.10. The van der Waals surface area contributed by atoms with Gasteiger partial charge in [-0.05, 0) is 24.1 Å². The Balaban J connectivity index is 1.72. The number of nitrogen functional groups attached to an aromatic ring is 1. The molecule has 0 aliphatic heterocycles. The lowest BCUT2D eigenvalue weighted by Crippen LogP contribution is -2.24. The first-order valence-corrected chi connectivity index (χ1v) is 6.98. The smallest absolute Gasteiger partial charge is 0.407 e.